The molecule has 3 heterocycles. The molecule has 2 aliphatic heterocycles. The average molecular weight is 525 g/mol. The smallest absolute Gasteiger partial charge is 0.316 e. The Hall–Kier alpha value is -3.38. The fourth-order valence-electron chi connectivity index (χ4n) is 4.19. The molecule has 12 heteroatoms. The predicted molar refractivity (Wildman–Crippen MR) is 135 cm³/mol. The van der Waals surface area contributed by atoms with Crippen LogP contribution in [0.4, 0.5) is 0 Å². The third kappa shape index (κ3) is 4.58. The lowest BCUT2D eigenvalue weighted by atomic mass is 9.89. The van der Waals surface area contributed by atoms with Crippen LogP contribution >= 0.6 is 23.5 Å². The number of hydrogen-bond donors (Lipinski definition) is 0. The summed E-state index contributed by atoms with van der Waals surface area (Å²) in [5.74, 6) is 0.173. The van der Waals surface area contributed by atoms with Crippen LogP contribution in [0, 0.1) is 5.41 Å². The molecule has 0 spiro atoms. The van der Waals surface area contributed by atoms with Gasteiger partial charge in [-0.2, -0.15) is 0 Å². The molecule has 186 valence electrons. The number of nitrogens with zero attached hydrogens (tertiary/aromatic N) is 6. The Balaban J connectivity index is 1.44. The Bertz CT molecular complexity index is 1230. The van der Waals surface area contributed by atoms with E-state index < -0.39 is 11.5 Å². The third-order valence-corrected chi connectivity index (χ3v) is 8.91. The van der Waals surface area contributed by atoms with Crippen molar-refractivity contribution < 1.29 is 19.2 Å². The van der Waals surface area contributed by atoms with E-state index in [1.54, 1.807) is 16.6 Å². The minimum Gasteiger partial charge on any atom is -0.452 e. The van der Waals surface area contributed by atoms with Gasteiger partial charge in [-0.05, 0) is 21.6 Å². The van der Waals surface area contributed by atoms with Crippen molar-refractivity contribution in [1.82, 2.24) is 25.1 Å². The summed E-state index contributed by atoms with van der Waals surface area (Å²) in [6, 6.07) is 19.3. The molecule has 0 aliphatic carbocycles. The second kappa shape index (κ2) is 10.3. The summed E-state index contributed by atoms with van der Waals surface area (Å²) in [6.45, 7) is 0.208. The van der Waals surface area contributed by atoms with Crippen molar-refractivity contribution in [2.24, 2.45) is 17.6 Å². The van der Waals surface area contributed by atoms with Gasteiger partial charge in [0.25, 0.3) is 5.91 Å². The molecule has 1 amide bonds. The Morgan fingerprint density at radius 1 is 1.19 bits per heavy atom. The molecule has 1 unspecified atom stereocenters. The van der Waals surface area contributed by atoms with Gasteiger partial charge in [-0.15, -0.1) is 16.9 Å². The van der Waals surface area contributed by atoms with E-state index in [-0.39, 0.29) is 23.8 Å². The van der Waals surface area contributed by atoms with Gasteiger partial charge in [-0.1, -0.05) is 77.6 Å². The van der Waals surface area contributed by atoms with Crippen molar-refractivity contribution in [2.45, 2.75) is 16.6 Å². The van der Waals surface area contributed by atoms with E-state index in [1.165, 1.54) is 30.6 Å². The topological polar surface area (TPSA) is 112 Å². The van der Waals surface area contributed by atoms with Gasteiger partial charge in [-0.3, -0.25) is 9.59 Å². The maximum atomic E-state index is 14.0. The molecule has 0 radical (unpaired) electrons. The highest BCUT2D eigenvalue weighted by molar-refractivity contribution is 8.01. The van der Waals surface area contributed by atoms with Crippen LogP contribution in [-0.2, 0) is 26.2 Å². The molecule has 0 bridgehead atoms. The molecule has 2 aliphatic rings. The number of aromatic nitrogens is 4. The monoisotopic (exact) mass is 524 g/mol. The Kier molecular flexibility index (Phi) is 6.97. The molecule has 2 saturated heterocycles. The predicted octanol–water partition coefficient (Wildman–Crippen LogP) is 2.54. The minimum atomic E-state index is -0.978. The van der Waals surface area contributed by atoms with Gasteiger partial charge in [0.05, 0.1) is 0 Å². The summed E-state index contributed by atoms with van der Waals surface area (Å²) < 4.78 is 7.82. The molecule has 2 fully saturated rings. The highest BCUT2D eigenvalue weighted by Gasteiger charge is 2.56. The van der Waals surface area contributed by atoms with Crippen molar-refractivity contribution >= 4 is 41.1 Å². The normalized spacial score (nSPS) is 22.3. The molecule has 0 N–H and O–H groups in total. The van der Waals surface area contributed by atoms with Crippen LogP contribution in [0.3, 0.4) is 0 Å². The lowest BCUT2D eigenvalue weighted by Gasteiger charge is -2.50. The highest BCUT2D eigenvalue weighted by Crippen LogP contribution is 2.44. The first-order chi connectivity index (χ1) is 17.5. The van der Waals surface area contributed by atoms with Gasteiger partial charge in [0.2, 0.25) is 5.16 Å². The molecule has 3 aromatic rings. The zero-order valence-electron chi connectivity index (χ0n) is 19.7. The molecule has 36 heavy (non-hydrogen) atoms. The first kappa shape index (κ1) is 24.3. The lowest BCUT2D eigenvalue weighted by Crippen LogP contribution is -2.68. The number of thioether (sulfide) groups is 2. The molecule has 1 aromatic heterocycles. The first-order valence-electron chi connectivity index (χ1n) is 11.2. The number of rotatable bonds is 8. The largest absolute Gasteiger partial charge is 0.452 e. The van der Waals surface area contributed by atoms with Crippen LogP contribution in [0.1, 0.15) is 17.2 Å². The third-order valence-electron chi connectivity index (χ3n) is 6.10. The van der Waals surface area contributed by atoms with E-state index in [9.17, 15) is 9.59 Å². The zero-order chi connectivity index (χ0) is 25.1. The second-order valence-corrected chi connectivity index (χ2v) is 10.5. The molecule has 10 nitrogen and oxygen atoms in total. The Morgan fingerprint density at radius 3 is 2.44 bits per heavy atom. The van der Waals surface area contributed by atoms with Crippen LogP contribution < -0.4 is 0 Å². The van der Waals surface area contributed by atoms with Crippen LogP contribution in [0.5, 0.6) is 0 Å². The van der Waals surface area contributed by atoms with E-state index in [1.807, 2.05) is 60.7 Å². The van der Waals surface area contributed by atoms with Crippen molar-refractivity contribution in [1.29, 1.82) is 0 Å². The van der Waals surface area contributed by atoms with E-state index in [0.29, 0.717) is 22.4 Å². The number of fused-ring (bicyclic) bond motifs is 1. The van der Waals surface area contributed by atoms with Gasteiger partial charge in [0.1, 0.15) is 17.9 Å². The number of amides is 1. The van der Waals surface area contributed by atoms with Crippen molar-refractivity contribution in [2.75, 3.05) is 25.2 Å². The number of tetrazole rings is 1. The van der Waals surface area contributed by atoms with E-state index in [0.717, 1.165) is 11.1 Å². The van der Waals surface area contributed by atoms with Gasteiger partial charge in [0, 0.05) is 25.1 Å². The van der Waals surface area contributed by atoms with Gasteiger partial charge >= 0.3 is 5.97 Å². The first-order valence-corrected chi connectivity index (χ1v) is 13.3. The lowest BCUT2D eigenvalue weighted by molar-refractivity contribution is -0.159. The highest BCUT2D eigenvalue weighted by atomic mass is 32.2. The number of carbonyl (C=O) groups is 2. The number of carbonyl (C=O) groups excluding carboxylic acids is 2. The van der Waals surface area contributed by atoms with Crippen LogP contribution in [0.25, 0.3) is 0 Å². The quantitative estimate of drug-likeness (QED) is 0.190. The fourth-order valence-corrected chi connectivity index (χ4v) is 6.79. The Labute approximate surface area is 216 Å². The molecule has 0 saturated carbocycles. The zero-order valence-corrected chi connectivity index (χ0v) is 21.3. The molecular weight excluding hydrogens is 500 g/mol. The molecule has 2 aromatic carbocycles. The molecular formula is C24H24N6O4S2. The average Bonchev–Trinajstić information content (AvgIpc) is 3.34. The van der Waals surface area contributed by atoms with E-state index in [4.69, 9.17) is 9.57 Å². The van der Waals surface area contributed by atoms with Crippen molar-refractivity contribution in [3.05, 3.63) is 71.8 Å². The number of ether oxygens (including phenoxy) is 1. The van der Waals surface area contributed by atoms with Gasteiger partial charge in [-0.25, -0.2) is 4.68 Å². The van der Waals surface area contributed by atoms with Crippen LogP contribution in [0.2, 0.25) is 0 Å². The van der Waals surface area contributed by atoms with Gasteiger partial charge < -0.3 is 14.5 Å². The summed E-state index contributed by atoms with van der Waals surface area (Å²) in [6.07, 6.45) is -0.585. The molecule has 5 rings (SSSR count). The van der Waals surface area contributed by atoms with E-state index in [2.05, 4.69) is 20.7 Å². The number of esters is 1. The number of benzene rings is 2. The molecule has 2 atom stereocenters. The summed E-state index contributed by atoms with van der Waals surface area (Å²) in [7, 11) is 3.16. The van der Waals surface area contributed by atoms with Gasteiger partial charge in [0.15, 0.2) is 11.8 Å². The fraction of sp³-hybridized carbons (Fsp3) is 0.333. The standard InChI is InChI=1S/C24H24N6O4S2/c1-29-23(25-27-28-29)36-15-24(13-30-20(31)18(26-33-2)21(30)35-14-24)22(32)34-19(16-9-5-3-6-10-16)17-11-7-4-8-12-17/h3-12,19,21H,13-15H2,1-2H3/t21-,24?/m1/s1. The maximum absolute atomic E-state index is 14.0. The van der Waals surface area contributed by atoms with Crippen LogP contribution in [0.15, 0.2) is 71.0 Å². The van der Waals surface area contributed by atoms with Crippen molar-refractivity contribution in [3.63, 3.8) is 0 Å². The summed E-state index contributed by atoms with van der Waals surface area (Å²) in [4.78, 5) is 33.3. The van der Waals surface area contributed by atoms with E-state index >= 15 is 0 Å². The second-order valence-electron chi connectivity index (χ2n) is 8.52. The number of oxime groups is 1. The number of aryl methyl sites for hydroxylation is 1. The summed E-state index contributed by atoms with van der Waals surface area (Å²) in [5, 5.41) is 15.8. The van der Waals surface area contributed by atoms with Crippen LogP contribution in [-0.4, -0.2) is 73.2 Å². The number of β-lactam (4-membered cyclic amide) rings is 1. The van der Waals surface area contributed by atoms with Crippen molar-refractivity contribution in [3.8, 4) is 0 Å². The summed E-state index contributed by atoms with van der Waals surface area (Å²) >= 11 is 2.85. The maximum Gasteiger partial charge on any atom is 0.316 e. The number of hydrogen-bond acceptors (Lipinski definition) is 10. The Morgan fingerprint density at radius 2 is 1.86 bits per heavy atom. The summed E-state index contributed by atoms with van der Waals surface area (Å²) in [5.41, 5.74) is 1.12. The minimum absolute atomic E-state index is 0.208. The SMILES string of the molecule is CON=C1C(=O)N2CC(CSc3nnnn3C)(C(=O)OC(c3ccccc3)c3ccccc3)CS[C@H]12.